The lowest BCUT2D eigenvalue weighted by Crippen LogP contribution is -1.92. The number of halogens is 2. The summed E-state index contributed by atoms with van der Waals surface area (Å²) in [5.74, 6) is 0.279. The van der Waals surface area contributed by atoms with E-state index in [-0.39, 0.29) is 5.82 Å². The van der Waals surface area contributed by atoms with Crippen LogP contribution in [-0.4, -0.2) is 4.98 Å². The normalized spacial score (nSPS) is 10.5. The Morgan fingerprint density at radius 2 is 2.18 bits per heavy atom. The van der Waals surface area contributed by atoms with Gasteiger partial charge in [0.05, 0.1) is 5.69 Å². The van der Waals surface area contributed by atoms with Crippen LogP contribution in [0.5, 0.6) is 0 Å². The van der Waals surface area contributed by atoms with Gasteiger partial charge >= 0.3 is 0 Å². The van der Waals surface area contributed by atoms with Crippen molar-refractivity contribution in [2.24, 2.45) is 0 Å². The number of anilines is 1. The molecule has 0 saturated carbocycles. The molecule has 1 aromatic carbocycles. The van der Waals surface area contributed by atoms with Crippen molar-refractivity contribution in [3.05, 3.63) is 52.9 Å². The summed E-state index contributed by atoms with van der Waals surface area (Å²) in [6, 6.07) is 7.94. The average Bonchev–Trinajstić information content (AvgIpc) is 2.30. The van der Waals surface area contributed by atoms with Crippen LogP contribution in [0, 0.1) is 5.82 Å². The molecule has 1 heterocycles. The lowest BCUT2D eigenvalue weighted by atomic mass is 10.2. The number of hydrogen-bond donors (Lipinski definition) is 1. The van der Waals surface area contributed by atoms with Crippen molar-refractivity contribution < 1.29 is 4.39 Å². The number of thioether (sulfide) groups is 1. The molecule has 0 aliphatic rings. The van der Waals surface area contributed by atoms with Gasteiger partial charge in [0, 0.05) is 17.0 Å². The third kappa shape index (κ3) is 3.11. The fourth-order valence-corrected chi connectivity index (χ4v) is 2.54. The molecule has 0 amide bonds. The van der Waals surface area contributed by atoms with E-state index in [9.17, 15) is 4.39 Å². The molecule has 0 bridgehead atoms. The predicted molar refractivity (Wildman–Crippen MR) is 69.6 cm³/mol. The van der Waals surface area contributed by atoms with Gasteiger partial charge in [0.15, 0.2) is 0 Å². The van der Waals surface area contributed by atoms with E-state index in [0.29, 0.717) is 16.5 Å². The standard InChI is InChI=1S/C12H10ClFN2S/c13-10-6-9(14)4-3-8(10)7-17-12-11(15)2-1-5-16-12/h1-6H,7,15H2. The first-order valence-corrected chi connectivity index (χ1v) is 6.30. The molecule has 1 aromatic heterocycles. The molecule has 2 N–H and O–H groups in total. The highest BCUT2D eigenvalue weighted by atomic mass is 35.5. The highest BCUT2D eigenvalue weighted by Gasteiger charge is 2.05. The van der Waals surface area contributed by atoms with Crippen LogP contribution in [0.3, 0.4) is 0 Å². The molecule has 0 radical (unpaired) electrons. The van der Waals surface area contributed by atoms with Crippen molar-refractivity contribution in [1.29, 1.82) is 0 Å². The summed E-state index contributed by atoms with van der Waals surface area (Å²) in [5, 5.41) is 1.18. The monoisotopic (exact) mass is 268 g/mol. The lowest BCUT2D eigenvalue weighted by Gasteiger charge is -2.05. The van der Waals surface area contributed by atoms with Gasteiger partial charge in [-0.3, -0.25) is 0 Å². The van der Waals surface area contributed by atoms with Crippen LogP contribution in [0.1, 0.15) is 5.56 Å². The molecule has 0 fully saturated rings. The first-order chi connectivity index (χ1) is 8.16. The quantitative estimate of drug-likeness (QED) is 0.862. The largest absolute Gasteiger partial charge is 0.397 e. The fraction of sp³-hybridized carbons (Fsp3) is 0.0833. The molecule has 2 nitrogen and oxygen atoms in total. The Hall–Kier alpha value is -1.26. The summed E-state index contributed by atoms with van der Waals surface area (Å²) in [7, 11) is 0. The van der Waals surface area contributed by atoms with Gasteiger partial charge in [0.25, 0.3) is 0 Å². The van der Waals surface area contributed by atoms with Crippen molar-refractivity contribution in [2.45, 2.75) is 10.8 Å². The minimum atomic E-state index is -0.332. The molecule has 0 saturated heterocycles. The summed E-state index contributed by atoms with van der Waals surface area (Å²) < 4.78 is 12.9. The van der Waals surface area contributed by atoms with E-state index in [1.807, 2.05) is 0 Å². The van der Waals surface area contributed by atoms with E-state index in [4.69, 9.17) is 17.3 Å². The van der Waals surface area contributed by atoms with Gasteiger partial charge in [-0.25, -0.2) is 9.37 Å². The zero-order chi connectivity index (χ0) is 12.3. The zero-order valence-electron chi connectivity index (χ0n) is 8.86. The van der Waals surface area contributed by atoms with Gasteiger partial charge in [-0.1, -0.05) is 29.4 Å². The number of rotatable bonds is 3. The molecule has 88 valence electrons. The van der Waals surface area contributed by atoms with Crippen LogP contribution in [0.25, 0.3) is 0 Å². The highest BCUT2D eigenvalue weighted by Crippen LogP contribution is 2.28. The van der Waals surface area contributed by atoms with Crippen LogP contribution in [0.4, 0.5) is 10.1 Å². The minimum Gasteiger partial charge on any atom is -0.397 e. The Labute approximate surface area is 108 Å². The van der Waals surface area contributed by atoms with Gasteiger partial charge in [0.1, 0.15) is 10.8 Å². The lowest BCUT2D eigenvalue weighted by molar-refractivity contribution is 0.627. The molecule has 0 spiro atoms. The Kier molecular flexibility index (Phi) is 3.86. The number of nitrogen functional groups attached to an aromatic ring is 1. The van der Waals surface area contributed by atoms with E-state index in [0.717, 1.165) is 10.6 Å². The maximum Gasteiger partial charge on any atom is 0.124 e. The molecule has 17 heavy (non-hydrogen) atoms. The minimum absolute atomic E-state index is 0.332. The van der Waals surface area contributed by atoms with Crippen LogP contribution in [0.2, 0.25) is 5.02 Å². The second-order valence-corrected chi connectivity index (χ2v) is 4.79. The van der Waals surface area contributed by atoms with Crippen LogP contribution < -0.4 is 5.73 Å². The predicted octanol–water partition coefficient (Wildman–Crippen LogP) is 3.75. The Balaban J connectivity index is 2.10. The number of nitrogens with two attached hydrogens (primary N) is 1. The first kappa shape index (κ1) is 12.2. The summed E-state index contributed by atoms with van der Waals surface area (Å²) in [6.45, 7) is 0. The molecule has 0 aliphatic heterocycles. The molecule has 0 unspecified atom stereocenters. The molecular formula is C12H10ClFN2S. The maximum atomic E-state index is 12.9. The van der Waals surface area contributed by atoms with Gasteiger partial charge < -0.3 is 5.73 Å². The number of hydrogen-bond acceptors (Lipinski definition) is 3. The van der Waals surface area contributed by atoms with Gasteiger partial charge in [0.2, 0.25) is 0 Å². The summed E-state index contributed by atoms with van der Waals surface area (Å²) >= 11 is 7.41. The van der Waals surface area contributed by atoms with Crippen molar-refractivity contribution in [2.75, 3.05) is 5.73 Å². The van der Waals surface area contributed by atoms with E-state index in [1.165, 1.54) is 23.9 Å². The first-order valence-electron chi connectivity index (χ1n) is 4.94. The number of aromatic nitrogens is 1. The Morgan fingerprint density at radius 1 is 1.35 bits per heavy atom. The van der Waals surface area contributed by atoms with Gasteiger partial charge in [-0.05, 0) is 29.8 Å². The molecule has 0 atom stereocenters. The van der Waals surface area contributed by atoms with E-state index in [2.05, 4.69) is 4.98 Å². The van der Waals surface area contributed by atoms with E-state index in [1.54, 1.807) is 24.4 Å². The third-order valence-electron chi connectivity index (χ3n) is 2.18. The second-order valence-electron chi connectivity index (χ2n) is 3.42. The molecule has 5 heteroatoms. The van der Waals surface area contributed by atoms with Crippen molar-refractivity contribution in [3.63, 3.8) is 0 Å². The van der Waals surface area contributed by atoms with E-state index >= 15 is 0 Å². The molecule has 2 aromatic rings. The van der Waals surface area contributed by atoms with Crippen molar-refractivity contribution >= 4 is 29.1 Å². The highest BCUT2D eigenvalue weighted by molar-refractivity contribution is 7.98. The number of pyridine rings is 1. The SMILES string of the molecule is Nc1cccnc1SCc1ccc(F)cc1Cl. The average molecular weight is 269 g/mol. The summed E-state index contributed by atoms with van der Waals surface area (Å²) in [5.41, 5.74) is 7.27. The second kappa shape index (κ2) is 5.38. The molecule has 0 aliphatic carbocycles. The van der Waals surface area contributed by atoms with Gasteiger partial charge in [-0.15, -0.1) is 0 Å². The Morgan fingerprint density at radius 3 is 2.88 bits per heavy atom. The molecule has 2 rings (SSSR count). The van der Waals surface area contributed by atoms with Crippen LogP contribution in [0.15, 0.2) is 41.6 Å². The summed E-state index contributed by atoms with van der Waals surface area (Å²) in [4.78, 5) is 4.16. The van der Waals surface area contributed by atoms with Crippen molar-refractivity contribution in [1.82, 2.24) is 4.98 Å². The van der Waals surface area contributed by atoms with E-state index < -0.39 is 0 Å². The molecular weight excluding hydrogens is 259 g/mol. The number of benzene rings is 1. The number of nitrogens with zero attached hydrogens (tertiary/aromatic N) is 1. The smallest absolute Gasteiger partial charge is 0.124 e. The Bertz CT molecular complexity index is 534. The summed E-state index contributed by atoms with van der Waals surface area (Å²) in [6.07, 6.45) is 1.69. The zero-order valence-corrected chi connectivity index (χ0v) is 10.4. The van der Waals surface area contributed by atoms with Crippen molar-refractivity contribution in [3.8, 4) is 0 Å². The van der Waals surface area contributed by atoms with Crippen LogP contribution in [-0.2, 0) is 5.75 Å². The third-order valence-corrected chi connectivity index (χ3v) is 3.60. The maximum absolute atomic E-state index is 12.9. The topological polar surface area (TPSA) is 38.9 Å². The fourth-order valence-electron chi connectivity index (χ4n) is 1.31. The van der Waals surface area contributed by atoms with Gasteiger partial charge in [-0.2, -0.15) is 0 Å². The van der Waals surface area contributed by atoms with Crippen LogP contribution >= 0.6 is 23.4 Å².